The van der Waals surface area contributed by atoms with Gasteiger partial charge in [-0.1, -0.05) is 13.8 Å². The van der Waals surface area contributed by atoms with Crippen LogP contribution in [0.15, 0.2) is 41.9 Å². The van der Waals surface area contributed by atoms with Gasteiger partial charge in [0.05, 0.1) is 29.7 Å². The fraction of sp³-hybridized carbons (Fsp3) is 0.433. The highest BCUT2D eigenvalue weighted by molar-refractivity contribution is 7.14. The van der Waals surface area contributed by atoms with Gasteiger partial charge in [0.25, 0.3) is 0 Å². The fourth-order valence-electron chi connectivity index (χ4n) is 5.22. The summed E-state index contributed by atoms with van der Waals surface area (Å²) in [5.74, 6) is 0.0304. The molecule has 1 saturated heterocycles. The summed E-state index contributed by atoms with van der Waals surface area (Å²) < 4.78 is 30.6. The smallest absolute Gasteiger partial charge is 0.236 e. The lowest BCUT2D eigenvalue weighted by Crippen LogP contribution is -2.42. The Morgan fingerprint density at radius 1 is 1.14 bits per heavy atom. The minimum atomic E-state index is -0.437. The molecule has 42 heavy (non-hydrogen) atoms. The first-order valence-corrected chi connectivity index (χ1v) is 15.1. The van der Waals surface area contributed by atoms with Gasteiger partial charge in [-0.2, -0.15) is 0 Å². The van der Waals surface area contributed by atoms with Gasteiger partial charge in [-0.25, -0.2) is 18.7 Å². The molecule has 0 unspecified atom stereocenters. The van der Waals surface area contributed by atoms with Gasteiger partial charge in [-0.3, -0.25) is 14.1 Å². The molecule has 1 fully saturated rings. The molecule has 1 amide bonds. The molecule has 1 atom stereocenters. The molecule has 0 saturated carbocycles. The first-order valence-electron chi connectivity index (χ1n) is 14.2. The van der Waals surface area contributed by atoms with Crippen LogP contribution in [0.4, 0.5) is 25.4 Å². The Labute approximate surface area is 248 Å². The van der Waals surface area contributed by atoms with Crippen molar-refractivity contribution >= 4 is 39.5 Å². The van der Waals surface area contributed by atoms with E-state index in [1.54, 1.807) is 21.4 Å². The first-order chi connectivity index (χ1) is 20.2. The average molecular weight is 598 g/mol. The molecule has 1 aliphatic rings. The number of aromatic nitrogens is 3. The van der Waals surface area contributed by atoms with Crippen LogP contribution in [0.25, 0.3) is 16.9 Å². The summed E-state index contributed by atoms with van der Waals surface area (Å²) in [5, 5.41) is 12.4. The van der Waals surface area contributed by atoms with Gasteiger partial charge in [0, 0.05) is 63.5 Å². The molecule has 4 aromatic rings. The molecule has 1 aromatic carbocycles. The number of aryl methyl sites for hydroxylation is 1. The highest BCUT2D eigenvalue weighted by Crippen LogP contribution is 2.35. The lowest BCUT2D eigenvalue weighted by Gasteiger charge is -2.27. The van der Waals surface area contributed by atoms with E-state index in [2.05, 4.69) is 9.88 Å². The average Bonchev–Trinajstić information content (AvgIpc) is 3.73. The third-order valence-electron chi connectivity index (χ3n) is 7.79. The van der Waals surface area contributed by atoms with Crippen molar-refractivity contribution in [2.24, 2.45) is 0 Å². The lowest BCUT2D eigenvalue weighted by molar-refractivity contribution is -0.131. The number of fused-ring (bicyclic) bond motifs is 1. The molecule has 0 radical (unpaired) electrons. The Kier molecular flexibility index (Phi) is 9.05. The SMILES string of the molecule is CCc1nc2c(F)cc(N(C)CCN(CC)CC(=O)N3CC[C@@H](O)C3)cn2c1N(C)c1nc(-c2ccc(F)cc2)cs1. The maximum atomic E-state index is 15.4. The van der Waals surface area contributed by atoms with Crippen LogP contribution in [0, 0.1) is 11.6 Å². The van der Waals surface area contributed by atoms with E-state index in [1.807, 2.05) is 49.3 Å². The van der Waals surface area contributed by atoms with Crippen molar-refractivity contribution in [3.8, 4) is 11.3 Å². The van der Waals surface area contributed by atoms with Gasteiger partial charge in [0.15, 0.2) is 16.6 Å². The number of anilines is 3. The van der Waals surface area contributed by atoms with Gasteiger partial charge >= 0.3 is 0 Å². The van der Waals surface area contributed by atoms with Crippen LogP contribution in [0.3, 0.4) is 0 Å². The number of halogens is 2. The Hall–Kier alpha value is -3.61. The second-order valence-corrected chi connectivity index (χ2v) is 11.5. The lowest BCUT2D eigenvalue weighted by atomic mass is 10.2. The van der Waals surface area contributed by atoms with E-state index in [4.69, 9.17) is 4.98 Å². The van der Waals surface area contributed by atoms with Crippen molar-refractivity contribution in [2.45, 2.75) is 32.8 Å². The number of aliphatic hydroxyl groups is 1. The minimum Gasteiger partial charge on any atom is -0.391 e. The van der Waals surface area contributed by atoms with Crippen molar-refractivity contribution in [3.05, 3.63) is 59.2 Å². The van der Waals surface area contributed by atoms with Crippen molar-refractivity contribution < 1.29 is 18.7 Å². The third kappa shape index (κ3) is 6.25. The largest absolute Gasteiger partial charge is 0.391 e. The number of benzene rings is 1. The van der Waals surface area contributed by atoms with Crippen molar-refractivity contribution in [1.82, 2.24) is 24.2 Å². The molecule has 5 rings (SSSR count). The zero-order valence-electron chi connectivity index (χ0n) is 24.4. The highest BCUT2D eigenvalue weighted by atomic mass is 32.1. The van der Waals surface area contributed by atoms with Crippen LogP contribution in [-0.4, -0.2) is 94.7 Å². The summed E-state index contributed by atoms with van der Waals surface area (Å²) in [7, 11) is 3.80. The maximum absolute atomic E-state index is 15.4. The van der Waals surface area contributed by atoms with Gasteiger partial charge in [-0.15, -0.1) is 11.3 Å². The standard InChI is InChI=1S/C30H37F2N7O2S/c1-5-25-29(36(4)30-34-26(19-42-30)20-7-9-21(31)10-8-20)39-16-22(15-24(32)28(39)33-25)35(3)13-14-37(6-2)18-27(41)38-12-11-23(40)17-38/h7-10,15-16,19,23,40H,5-6,11-14,17-18H2,1-4H3/t23-/m1/s1. The zero-order valence-corrected chi connectivity index (χ0v) is 25.2. The number of carbonyl (C=O) groups excluding carboxylic acids is 1. The summed E-state index contributed by atoms with van der Waals surface area (Å²) in [6.45, 7) is 7.18. The van der Waals surface area contributed by atoms with E-state index >= 15 is 4.39 Å². The number of likely N-dealkylation sites (N-methyl/N-ethyl adjacent to an activating group) is 2. The van der Waals surface area contributed by atoms with E-state index in [1.165, 1.54) is 29.5 Å². The van der Waals surface area contributed by atoms with Crippen LogP contribution < -0.4 is 9.80 Å². The number of carbonyl (C=O) groups is 1. The Bertz CT molecular complexity index is 1540. The van der Waals surface area contributed by atoms with Crippen LogP contribution >= 0.6 is 11.3 Å². The molecule has 12 heteroatoms. The summed E-state index contributed by atoms with van der Waals surface area (Å²) in [5.41, 5.74) is 3.23. The molecule has 1 N–H and O–H groups in total. The maximum Gasteiger partial charge on any atom is 0.236 e. The Balaban J connectivity index is 1.35. The summed E-state index contributed by atoms with van der Waals surface area (Å²) in [6, 6.07) is 7.71. The number of likely N-dealkylation sites (tertiary alicyclic amines) is 1. The number of pyridine rings is 1. The summed E-state index contributed by atoms with van der Waals surface area (Å²) in [4.78, 5) is 29.7. The first kappa shape index (κ1) is 29.9. The van der Waals surface area contributed by atoms with Crippen molar-refractivity contribution in [1.29, 1.82) is 0 Å². The number of hydrogen-bond donors (Lipinski definition) is 1. The highest BCUT2D eigenvalue weighted by Gasteiger charge is 2.26. The van der Waals surface area contributed by atoms with E-state index in [0.717, 1.165) is 22.8 Å². The number of amides is 1. The third-order valence-corrected chi connectivity index (χ3v) is 8.71. The zero-order chi connectivity index (χ0) is 30.0. The van der Waals surface area contributed by atoms with Crippen molar-refractivity contribution in [3.63, 3.8) is 0 Å². The molecule has 4 heterocycles. The topological polar surface area (TPSA) is 80.5 Å². The molecule has 224 valence electrons. The number of aliphatic hydroxyl groups excluding tert-OH is 1. The Morgan fingerprint density at radius 3 is 2.57 bits per heavy atom. The van der Waals surface area contributed by atoms with Gasteiger partial charge in [0.2, 0.25) is 5.91 Å². The van der Waals surface area contributed by atoms with E-state index < -0.39 is 11.9 Å². The number of nitrogens with zero attached hydrogens (tertiary/aromatic N) is 7. The molecule has 9 nitrogen and oxygen atoms in total. The van der Waals surface area contributed by atoms with E-state index in [0.29, 0.717) is 56.4 Å². The molecule has 3 aromatic heterocycles. The van der Waals surface area contributed by atoms with Gasteiger partial charge < -0.3 is 19.8 Å². The quantitative estimate of drug-likeness (QED) is 0.274. The molecule has 0 spiro atoms. The molecular formula is C30H37F2N7O2S. The predicted molar refractivity (Wildman–Crippen MR) is 163 cm³/mol. The van der Waals surface area contributed by atoms with Gasteiger partial charge in [-0.05, 0) is 43.7 Å². The number of thiazole rings is 1. The van der Waals surface area contributed by atoms with E-state index in [9.17, 15) is 14.3 Å². The van der Waals surface area contributed by atoms with Crippen LogP contribution in [0.5, 0.6) is 0 Å². The summed E-state index contributed by atoms with van der Waals surface area (Å²) in [6.07, 6.45) is 2.68. The second kappa shape index (κ2) is 12.7. The number of hydrogen-bond acceptors (Lipinski definition) is 8. The van der Waals surface area contributed by atoms with Crippen LogP contribution in [0.1, 0.15) is 26.0 Å². The fourth-order valence-corrected chi connectivity index (χ4v) is 6.02. The normalized spacial score (nSPS) is 15.2. The second-order valence-electron chi connectivity index (χ2n) is 10.6. The number of rotatable bonds is 11. The summed E-state index contributed by atoms with van der Waals surface area (Å²) >= 11 is 1.45. The number of β-amino-alcohol motifs (C(OH)–C–C–N with tert-alkyl or cyclic N) is 1. The van der Waals surface area contributed by atoms with Crippen LogP contribution in [0.2, 0.25) is 0 Å². The number of imidazole rings is 1. The van der Waals surface area contributed by atoms with E-state index in [-0.39, 0.29) is 23.9 Å². The molecule has 0 bridgehead atoms. The minimum absolute atomic E-state index is 0.0199. The Morgan fingerprint density at radius 2 is 1.90 bits per heavy atom. The molecular weight excluding hydrogens is 560 g/mol. The van der Waals surface area contributed by atoms with Gasteiger partial charge in [0.1, 0.15) is 11.6 Å². The van der Waals surface area contributed by atoms with Crippen molar-refractivity contribution in [2.75, 3.05) is 63.2 Å². The molecule has 1 aliphatic heterocycles. The molecule has 0 aliphatic carbocycles. The monoisotopic (exact) mass is 597 g/mol. The van der Waals surface area contributed by atoms with Crippen LogP contribution in [-0.2, 0) is 11.2 Å². The predicted octanol–water partition coefficient (Wildman–Crippen LogP) is 4.42.